The van der Waals surface area contributed by atoms with Crippen molar-refractivity contribution in [2.45, 2.75) is 13.7 Å². The van der Waals surface area contributed by atoms with Crippen molar-refractivity contribution in [2.24, 2.45) is 0 Å². The minimum atomic E-state index is -2.70. The van der Waals surface area contributed by atoms with Gasteiger partial charge in [0.1, 0.15) is 6.73 Å². The van der Waals surface area contributed by atoms with E-state index in [2.05, 4.69) is 9.05 Å². The first kappa shape index (κ1) is 16.9. The zero-order valence-electron chi connectivity index (χ0n) is 8.94. The summed E-state index contributed by atoms with van der Waals surface area (Å²) in [5, 5.41) is 0. The maximum Gasteiger partial charge on any atom is 0.330 e. The van der Waals surface area contributed by atoms with Crippen LogP contribution in [0.2, 0.25) is 0 Å². The van der Waals surface area contributed by atoms with Crippen molar-refractivity contribution < 1.29 is 50.7 Å². The summed E-state index contributed by atoms with van der Waals surface area (Å²) in [5.41, 5.74) is -1.96. The maximum absolute atomic E-state index is 12.8. The molecule has 1 heterocycles. The zero-order valence-corrected chi connectivity index (χ0v) is 12.8. The van der Waals surface area contributed by atoms with Gasteiger partial charge in [-0.3, -0.25) is 23.4 Å². The summed E-state index contributed by atoms with van der Waals surface area (Å²) < 4.78 is 33.7. The fraction of sp³-hybridized carbons (Fsp3) is 0.429. The molecule has 7 nitrogen and oxygen atoms in total. The molecule has 0 spiro atoms. The van der Waals surface area contributed by atoms with Crippen molar-refractivity contribution in [3.8, 4) is 0 Å². The molecule has 0 saturated carbocycles. The second kappa shape index (κ2) is 8.05. The first-order valence-corrected chi connectivity index (χ1v) is 5.56. The van der Waals surface area contributed by atoms with Crippen molar-refractivity contribution in [3.63, 3.8) is 0 Å². The predicted molar refractivity (Wildman–Crippen MR) is 53.0 cm³/mol. The fourth-order valence-electron chi connectivity index (χ4n) is 0.860. The minimum Gasteiger partial charge on any atom is -0.311 e. The average Bonchev–Trinajstić information content (AvgIpc) is 2.22. The minimum absolute atomic E-state index is 0. The molecule has 0 amide bonds. The van der Waals surface area contributed by atoms with Crippen LogP contribution < -0.4 is 11.2 Å². The molecule has 1 rings (SSSR count). The molecule has 1 aromatic heterocycles. The Morgan fingerprint density at radius 3 is 2.71 bits per heavy atom. The van der Waals surface area contributed by atoms with Crippen LogP contribution in [0.25, 0.3) is 0 Å². The summed E-state index contributed by atoms with van der Waals surface area (Å²) in [4.78, 5) is 23.5. The number of halogens is 1. The molecule has 1 unspecified atom stereocenters. The molecule has 0 aromatic carbocycles. The Balaban J connectivity index is 0.00000256. The van der Waals surface area contributed by atoms with Gasteiger partial charge in [0.2, 0.25) is 5.82 Å². The van der Waals surface area contributed by atoms with Gasteiger partial charge < -0.3 is 4.52 Å². The van der Waals surface area contributed by atoms with Crippen LogP contribution in [-0.4, -0.2) is 16.2 Å². The van der Waals surface area contributed by atoms with Crippen LogP contribution in [0.3, 0.4) is 0 Å². The Morgan fingerprint density at radius 2 is 2.12 bits per heavy atom. The second-order valence-corrected chi connectivity index (χ2v) is 3.74. The number of hydrogen-bond acceptors (Lipinski definition) is 5. The Bertz CT molecular complexity index is 502. The number of nitrogens with zero attached hydrogens (tertiary/aromatic N) is 1. The standard InChI is InChI=1S/C7H10FN2O5P.Y/c1-2-14-16(13)15-4-10-3-5(8)6(11)9-7(10)12;/h3,16H,2,4H2,1H3,(H,9,11,12);. The topological polar surface area (TPSA) is 90.4 Å². The summed E-state index contributed by atoms with van der Waals surface area (Å²) in [6.45, 7) is 1.37. The molecule has 1 radical (unpaired) electrons. The molecule has 10 heteroatoms. The maximum atomic E-state index is 12.8. The molecule has 0 aliphatic carbocycles. The quantitative estimate of drug-likeness (QED) is 0.766. The van der Waals surface area contributed by atoms with Gasteiger partial charge in [0.05, 0.1) is 12.8 Å². The number of aromatic amines is 1. The molecule has 1 atom stereocenters. The number of rotatable bonds is 5. The Kier molecular flexibility index (Phi) is 7.99. The van der Waals surface area contributed by atoms with Gasteiger partial charge in [-0.05, 0) is 6.92 Å². The molecule has 17 heavy (non-hydrogen) atoms. The van der Waals surface area contributed by atoms with E-state index >= 15 is 0 Å². The predicted octanol–water partition coefficient (Wildman–Crippen LogP) is 0.0735. The Labute approximate surface area is 121 Å². The van der Waals surface area contributed by atoms with Gasteiger partial charge in [0.15, 0.2) is 0 Å². The normalized spacial score (nSPS) is 11.9. The first-order valence-electron chi connectivity index (χ1n) is 4.33. The van der Waals surface area contributed by atoms with Crippen molar-refractivity contribution in [2.75, 3.05) is 6.61 Å². The van der Waals surface area contributed by atoms with Crippen LogP contribution in [0.1, 0.15) is 6.92 Å². The first-order chi connectivity index (χ1) is 7.54. The zero-order chi connectivity index (χ0) is 12.1. The van der Waals surface area contributed by atoms with E-state index in [1.807, 2.05) is 0 Å². The van der Waals surface area contributed by atoms with E-state index in [9.17, 15) is 18.5 Å². The SMILES string of the molecule is CCO[PH](=O)OCn1cc(F)c(=O)[nH]c1=O.[Y]. The molecule has 0 aliphatic rings. The van der Waals surface area contributed by atoms with E-state index < -0.39 is 32.1 Å². The van der Waals surface area contributed by atoms with Crippen molar-refractivity contribution in [1.29, 1.82) is 0 Å². The van der Waals surface area contributed by atoms with E-state index in [4.69, 9.17) is 0 Å². The molecule has 0 bridgehead atoms. The largest absolute Gasteiger partial charge is 0.330 e. The van der Waals surface area contributed by atoms with Gasteiger partial charge in [0, 0.05) is 32.7 Å². The summed E-state index contributed by atoms with van der Waals surface area (Å²) >= 11 is 0. The van der Waals surface area contributed by atoms with Gasteiger partial charge >= 0.3 is 13.9 Å². The van der Waals surface area contributed by atoms with Crippen LogP contribution in [-0.2, 0) is 53.1 Å². The number of aromatic nitrogens is 2. The van der Waals surface area contributed by atoms with E-state index in [1.54, 1.807) is 11.9 Å². The summed E-state index contributed by atoms with van der Waals surface area (Å²) in [6, 6.07) is 0. The van der Waals surface area contributed by atoms with E-state index in [1.165, 1.54) is 0 Å². The average molecular weight is 341 g/mol. The molecule has 1 N–H and O–H groups in total. The molecule has 0 saturated heterocycles. The Hall–Kier alpha value is -0.136. The van der Waals surface area contributed by atoms with Gasteiger partial charge in [-0.15, -0.1) is 0 Å². The molecular formula is C7H10FN2O5PY. The molecule has 1 aromatic rings. The number of H-pyrrole nitrogens is 1. The van der Waals surface area contributed by atoms with Crippen molar-refractivity contribution in [3.05, 3.63) is 32.9 Å². The molecular weight excluding hydrogens is 331 g/mol. The smallest absolute Gasteiger partial charge is 0.311 e. The van der Waals surface area contributed by atoms with Gasteiger partial charge in [-0.1, -0.05) is 0 Å². The van der Waals surface area contributed by atoms with E-state index in [0.717, 1.165) is 4.57 Å². The number of nitrogens with one attached hydrogen (secondary N) is 1. The van der Waals surface area contributed by atoms with Crippen LogP contribution in [0.4, 0.5) is 4.39 Å². The number of hydrogen-bond donors (Lipinski definition) is 1. The van der Waals surface area contributed by atoms with E-state index in [0.29, 0.717) is 6.20 Å². The third kappa shape index (κ3) is 5.35. The van der Waals surface area contributed by atoms with Crippen LogP contribution >= 0.6 is 8.25 Å². The van der Waals surface area contributed by atoms with Crippen LogP contribution in [0.15, 0.2) is 15.8 Å². The molecule has 0 aliphatic heterocycles. The third-order valence-corrected chi connectivity index (χ3v) is 2.44. The third-order valence-electron chi connectivity index (χ3n) is 1.55. The van der Waals surface area contributed by atoms with Crippen molar-refractivity contribution in [1.82, 2.24) is 9.55 Å². The fourth-order valence-corrected chi connectivity index (χ4v) is 1.42. The van der Waals surface area contributed by atoms with Gasteiger partial charge in [0.25, 0.3) is 5.56 Å². The van der Waals surface area contributed by atoms with E-state index in [-0.39, 0.29) is 39.3 Å². The molecule has 93 valence electrons. The van der Waals surface area contributed by atoms with Gasteiger partial charge in [-0.2, -0.15) is 4.39 Å². The van der Waals surface area contributed by atoms with Crippen molar-refractivity contribution >= 4 is 8.25 Å². The Morgan fingerprint density at radius 1 is 1.47 bits per heavy atom. The summed E-state index contributed by atoms with van der Waals surface area (Å²) in [5.74, 6) is -1.13. The molecule has 0 fully saturated rings. The summed E-state index contributed by atoms with van der Waals surface area (Å²) in [6.07, 6.45) is 0.669. The summed E-state index contributed by atoms with van der Waals surface area (Å²) in [7, 11) is -2.70. The second-order valence-electron chi connectivity index (χ2n) is 2.66. The van der Waals surface area contributed by atoms with Crippen LogP contribution in [0.5, 0.6) is 0 Å². The monoisotopic (exact) mass is 341 g/mol. The van der Waals surface area contributed by atoms with Gasteiger partial charge in [-0.25, -0.2) is 4.79 Å². The van der Waals surface area contributed by atoms with Crippen LogP contribution in [0, 0.1) is 5.82 Å².